The van der Waals surface area contributed by atoms with Crippen LogP contribution in [0, 0.1) is 0 Å². The molecule has 0 aliphatic carbocycles. The van der Waals surface area contributed by atoms with Crippen LogP contribution >= 0.6 is 0 Å². The molecule has 1 unspecified atom stereocenters. The summed E-state index contributed by atoms with van der Waals surface area (Å²) in [7, 11) is 0. The van der Waals surface area contributed by atoms with Crippen LogP contribution in [0.15, 0.2) is 28.8 Å². The third kappa shape index (κ3) is 3.94. The summed E-state index contributed by atoms with van der Waals surface area (Å²) in [6, 6.07) is 5.32. The number of carbonyl (C=O) groups is 2. The molecule has 1 heterocycles. The van der Waals surface area contributed by atoms with Crippen LogP contribution in [0.2, 0.25) is 0 Å². The Morgan fingerprint density at radius 2 is 1.91 bits per heavy atom. The Hall–Kier alpha value is -2.70. The van der Waals surface area contributed by atoms with Crippen LogP contribution in [0.5, 0.6) is 0 Å². The van der Waals surface area contributed by atoms with Crippen LogP contribution in [0.25, 0.3) is 0 Å². The highest BCUT2D eigenvalue weighted by Crippen LogP contribution is 2.21. The average molecular weight is 317 g/mol. The molecule has 0 aliphatic heterocycles. The van der Waals surface area contributed by atoms with Crippen molar-refractivity contribution in [2.75, 3.05) is 0 Å². The number of hydrogen-bond donors (Lipinski definition) is 2. The predicted octanol–water partition coefficient (Wildman–Crippen LogP) is 2.56. The highest BCUT2D eigenvalue weighted by Gasteiger charge is 2.24. The van der Waals surface area contributed by atoms with Crippen molar-refractivity contribution in [1.29, 1.82) is 0 Å². The Balaban J connectivity index is 2.12. The van der Waals surface area contributed by atoms with Gasteiger partial charge in [-0.25, -0.2) is 4.79 Å². The van der Waals surface area contributed by atoms with E-state index in [-0.39, 0.29) is 16.5 Å². The van der Waals surface area contributed by atoms with E-state index in [9.17, 15) is 9.59 Å². The number of aromatic nitrogens is 2. The van der Waals surface area contributed by atoms with Gasteiger partial charge in [0, 0.05) is 11.0 Å². The van der Waals surface area contributed by atoms with Gasteiger partial charge in [-0.2, -0.15) is 4.98 Å². The van der Waals surface area contributed by atoms with Gasteiger partial charge in [-0.1, -0.05) is 32.0 Å². The van der Waals surface area contributed by atoms with E-state index in [4.69, 9.17) is 9.63 Å². The fraction of sp³-hybridized carbons (Fsp3) is 0.375. The van der Waals surface area contributed by atoms with Crippen LogP contribution in [0.4, 0.5) is 0 Å². The first-order valence-electron chi connectivity index (χ1n) is 7.17. The highest BCUT2D eigenvalue weighted by molar-refractivity contribution is 5.97. The molecule has 7 nitrogen and oxygen atoms in total. The lowest BCUT2D eigenvalue weighted by atomic mass is 9.96. The molecule has 0 bridgehead atoms. The van der Waals surface area contributed by atoms with Gasteiger partial charge in [-0.3, -0.25) is 4.79 Å². The Morgan fingerprint density at radius 3 is 2.48 bits per heavy atom. The summed E-state index contributed by atoms with van der Waals surface area (Å²) in [5.74, 6) is -0.630. The number of carboxylic acid groups (broad SMARTS) is 1. The maximum atomic E-state index is 12.2. The lowest BCUT2D eigenvalue weighted by Crippen LogP contribution is -2.27. The first kappa shape index (κ1) is 16.7. The Morgan fingerprint density at radius 1 is 1.26 bits per heavy atom. The van der Waals surface area contributed by atoms with Gasteiger partial charge in [-0.05, 0) is 25.1 Å². The molecule has 1 amide bonds. The number of carbonyl (C=O) groups excluding carboxylic acids is 1. The Bertz CT molecular complexity index is 731. The predicted molar refractivity (Wildman–Crippen MR) is 82.3 cm³/mol. The second-order valence-corrected chi connectivity index (χ2v) is 6.29. The molecule has 23 heavy (non-hydrogen) atoms. The second kappa shape index (κ2) is 6.20. The molecule has 1 aromatic heterocycles. The van der Waals surface area contributed by atoms with Crippen LogP contribution in [0.3, 0.4) is 0 Å². The van der Waals surface area contributed by atoms with Gasteiger partial charge in [0.25, 0.3) is 5.91 Å². The topological polar surface area (TPSA) is 105 Å². The number of amides is 1. The molecular formula is C16H19N3O4. The molecule has 1 atom stereocenters. The fourth-order valence-corrected chi connectivity index (χ4v) is 1.85. The third-order valence-corrected chi connectivity index (χ3v) is 3.20. The van der Waals surface area contributed by atoms with Gasteiger partial charge < -0.3 is 14.9 Å². The molecule has 122 valence electrons. The average Bonchev–Trinajstić information content (AvgIpc) is 2.97. The lowest BCUT2D eigenvalue weighted by Gasteiger charge is -2.12. The van der Waals surface area contributed by atoms with Crippen molar-refractivity contribution in [2.45, 2.75) is 39.2 Å². The summed E-state index contributed by atoms with van der Waals surface area (Å²) >= 11 is 0. The number of carboxylic acids is 1. The standard InChI is InChI=1S/C16H19N3O4/c1-9(13-18-15(19-23-13)16(2,3)4)17-12(20)10-6-5-7-11(8-10)14(21)22/h5-9H,1-4H3,(H,17,20)(H,21,22). The van der Waals surface area contributed by atoms with Crippen molar-refractivity contribution in [3.63, 3.8) is 0 Å². The fourth-order valence-electron chi connectivity index (χ4n) is 1.85. The minimum atomic E-state index is -1.08. The van der Waals surface area contributed by atoms with E-state index < -0.39 is 17.9 Å². The van der Waals surface area contributed by atoms with Crippen molar-refractivity contribution in [3.05, 3.63) is 47.1 Å². The molecule has 0 radical (unpaired) electrons. The monoisotopic (exact) mass is 317 g/mol. The molecule has 2 rings (SSSR count). The number of benzene rings is 1. The summed E-state index contributed by atoms with van der Waals surface area (Å²) < 4.78 is 5.18. The molecule has 0 aliphatic rings. The van der Waals surface area contributed by atoms with E-state index in [0.717, 1.165) is 0 Å². The van der Waals surface area contributed by atoms with E-state index in [0.29, 0.717) is 11.7 Å². The number of nitrogens with one attached hydrogen (secondary N) is 1. The van der Waals surface area contributed by atoms with Crippen LogP contribution in [0.1, 0.15) is 66.2 Å². The van der Waals surface area contributed by atoms with Crippen molar-refractivity contribution in [2.24, 2.45) is 0 Å². The smallest absolute Gasteiger partial charge is 0.335 e. The van der Waals surface area contributed by atoms with E-state index in [2.05, 4.69) is 15.5 Å². The van der Waals surface area contributed by atoms with Crippen molar-refractivity contribution in [1.82, 2.24) is 15.5 Å². The minimum absolute atomic E-state index is 0.0538. The maximum Gasteiger partial charge on any atom is 0.335 e. The molecule has 0 spiro atoms. The summed E-state index contributed by atoms with van der Waals surface area (Å²) in [6.07, 6.45) is 0. The van der Waals surface area contributed by atoms with Gasteiger partial charge >= 0.3 is 5.97 Å². The van der Waals surface area contributed by atoms with Crippen molar-refractivity contribution in [3.8, 4) is 0 Å². The van der Waals surface area contributed by atoms with E-state index in [1.54, 1.807) is 13.0 Å². The van der Waals surface area contributed by atoms with Gasteiger partial charge in [0.15, 0.2) is 5.82 Å². The number of hydrogen-bond acceptors (Lipinski definition) is 5. The summed E-state index contributed by atoms with van der Waals surface area (Å²) in [4.78, 5) is 27.5. The third-order valence-electron chi connectivity index (χ3n) is 3.20. The highest BCUT2D eigenvalue weighted by atomic mass is 16.5. The summed E-state index contributed by atoms with van der Waals surface area (Å²) in [5.41, 5.74) is 0.0619. The van der Waals surface area contributed by atoms with Gasteiger partial charge in [0.2, 0.25) is 5.89 Å². The number of nitrogens with zero attached hydrogens (tertiary/aromatic N) is 2. The van der Waals surface area contributed by atoms with Gasteiger partial charge in [-0.15, -0.1) is 0 Å². The summed E-state index contributed by atoms with van der Waals surface area (Å²) in [6.45, 7) is 7.60. The van der Waals surface area contributed by atoms with Crippen molar-refractivity contribution >= 4 is 11.9 Å². The number of aromatic carboxylic acids is 1. The Labute approximate surface area is 133 Å². The molecule has 2 aromatic rings. The molecule has 0 fully saturated rings. The summed E-state index contributed by atoms with van der Waals surface area (Å²) in [5, 5.41) is 15.6. The minimum Gasteiger partial charge on any atom is -0.478 e. The van der Waals surface area contributed by atoms with E-state index >= 15 is 0 Å². The molecule has 1 aromatic carbocycles. The van der Waals surface area contributed by atoms with Crippen LogP contribution in [-0.4, -0.2) is 27.1 Å². The SMILES string of the molecule is CC(NC(=O)c1cccc(C(=O)O)c1)c1nc(C(C)(C)C)no1. The molecule has 0 saturated heterocycles. The maximum absolute atomic E-state index is 12.2. The van der Waals surface area contributed by atoms with Gasteiger partial charge in [0.05, 0.1) is 5.56 Å². The Kier molecular flexibility index (Phi) is 4.49. The zero-order valence-corrected chi connectivity index (χ0v) is 13.5. The van der Waals surface area contributed by atoms with E-state index in [1.165, 1.54) is 18.2 Å². The van der Waals surface area contributed by atoms with Gasteiger partial charge in [0.1, 0.15) is 6.04 Å². The van der Waals surface area contributed by atoms with E-state index in [1.807, 2.05) is 20.8 Å². The van der Waals surface area contributed by atoms with Crippen molar-refractivity contribution < 1.29 is 19.2 Å². The first-order valence-corrected chi connectivity index (χ1v) is 7.17. The number of rotatable bonds is 4. The first-order chi connectivity index (χ1) is 10.7. The van der Waals surface area contributed by atoms with Crippen LogP contribution in [-0.2, 0) is 5.41 Å². The molecular weight excluding hydrogens is 298 g/mol. The second-order valence-electron chi connectivity index (χ2n) is 6.29. The largest absolute Gasteiger partial charge is 0.478 e. The van der Waals surface area contributed by atoms with Crippen LogP contribution < -0.4 is 5.32 Å². The lowest BCUT2D eigenvalue weighted by molar-refractivity contribution is 0.0697. The molecule has 2 N–H and O–H groups in total. The molecule has 0 saturated carbocycles. The zero-order valence-electron chi connectivity index (χ0n) is 13.5. The molecule has 7 heteroatoms. The normalized spacial score (nSPS) is 12.7. The quantitative estimate of drug-likeness (QED) is 0.897. The zero-order chi connectivity index (χ0) is 17.2.